The van der Waals surface area contributed by atoms with Gasteiger partial charge in [0.25, 0.3) is 0 Å². The van der Waals surface area contributed by atoms with Crippen molar-refractivity contribution in [2.75, 3.05) is 19.0 Å². The van der Waals surface area contributed by atoms with Crippen LogP contribution in [0.2, 0.25) is 0 Å². The van der Waals surface area contributed by atoms with Crippen LogP contribution in [0.5, 0.6) is 11.5 Å². The molecule has 0 fully saturated rings. The van der Waals surface area contributed by atoms with E-state index in [0.717, 1.165) is 28.2 Å². The molecule has 2 rings (SSSR count). The molecule has 0 atom stereocenters. The van der Waals surface area contributed by atoms with E-state index < -0.39 is 0 Å². The summed E-state index contributed by atoms with van der Waals surface area (Å²) in [7, 11) is 1.66. The van der Waals surface area contributed by atoms with Gasteiger partial charge in [-0.2, -0.15) is 0 Å². The van der Waals surface area contributed by atoms with Crippen LogP contribution in [0, 0.1) is 0 Å². The molecule has 0 heterocycles. The molecule has 0 radical (unpaired) electrons. The third-order valence-electron chi connectivity index (χ3n) is 2.88. The average molecular weight is 336 g/mol. The Bertz CT molecular complexity index is 555. The summed E-state index contributed by atoms with van der Waals surface area (Å²) in [5.74, 6) is 1.74. The van der Waals surface area contributed by atoms with Gasteiger partial charge in [-0.1, -0.05) is 6.07 Å². The highest BCUT2D eigenvalue weighted by Crippen LogP contribution is 2.26. The first-order chi connectivity index (χ1) is 9.72. The van der Waals surface area contributed by atoms with Crippen molar-refractivity contribution >= 4 is 21.6 Å². The zero-order chi connectivity index (χ0) is 14.4. The summed E-state index contributed by atoms with van der Waals surface area (Å²) in [4.78, 5) is 0. The van der Waals surface area contributed by atoms with Crippen LogP contribution in [0.4, 0.5) is 5.69 Å². The number of halogens is 1. The molecule has 20 heavy (non-hydrogen) atoms. The van der Waals surface area contributed by atoms with E-state index in [1.54, 1.807) is 7.11 Å². The molecule has 0 saturated heterocycles. The second-order valence-electron chi connectivity index (χ2n) is 4.28. The Morgan fingerprint density at radius 2 is 1.85 bits per heavy atom. The Hall–Kier alpha value is -1.68. The maximum atomic E-state index is 5.42. The number of anilines is 1. The Morgan fingerprint density at radius 3 is 2.45 bits per heavy atom. The van der Waals surface area contributed by atoms with Gasteiger partial charge in [0.05, 0.1) is 18.2 Å². The van der Waals surface area contributed by atoms with Crippen LogP contribution >= 0.6 is 15.9 Å². The molecule has 1 N–H and O–H groups in total. The van der Waals surface area contributed by atoms with Gasteiger partial charge in [-0.15, -0.1) is 0 Å². The normalized spacial score (nSPS) is 10.2. The van der Waals surface area contributed by atoms with Crippen molar-refractivity contribution < 1.29 is 9.47 Å². The third kappa shape index (κ3) is 3.90. The first-order valence-electron chi connectivity index (χ1n) is 6.52. The lowest BCUT2D eigenvalue weighted by molar-refractivity contribution is 0.340. The highest BCUT2D eigenvalue weighted by atomic mass is 79.9. The number of benzene rings is 2. The maximum absolute atomic E-state index is 5.42. The van der Waals surface area contributed by atoms with Crippen molar-refractivity contribution in [3.8, 4) is 11.5 Å². The molecule has 0 bridgehead atoms. The molecule has 2 aromatic rings. The number of nitrogens with one attached hydrogen (secondary N) is 1. The summed E-state index contributed by atoms with van der Waals surface area (Å²) < 4.78 is 11.6. The SMILES string of the molecule is CCOc1ccc(NCc2ccc(OC)c(Br)c2)cc1. The Balaban J connectivity index is 1.96. The van der Waals surface area contributed by atoms with Crippen LogP contribution in [0.1, 0.15) is 12.5 Å². The van der Waals surface area contributed by atoms with E-state index in [1.807, 2.05) is 43.3 Å². The molecule has 0 unspecified atom stereocenters. The fraction of sp³-hybridized carbons (Fsp3) is 0.250. The van der Waals surface area contributed by atoms with E-state index in [1.165, 1.54) is 5.56 Å². The van der Waals surface area contributed by atoms with Crippen molar-refractivity contribution in [2.24, 2.45) is 0 Å². The van der Waals surface area contributed by atoms with Gasteiger partial charge < -0.3 is 14.8 Å². The molecular formula is C16H18BrNO2. The number of hydrogen-bond donors (Lipinski definition) is 1. The molecule has 4 heteroatoms. The molecule has 0 aliphatic carbocycles. The molecule has 0 saturated carbocycles. The van der Waals surface area contributed by atoms with Gasteiger partial charge in [0.2, 0.25) is 0 Å². The van der Waals surface area contributed by atoms with Crippen LogP contribution < -0.4 is 14.8 Å². The quantitative estimate of drug-likeness (QED) is 0.844. The predicted molar refractivity (Wildman–Crippen MR) is 85.6 cm³/mol. The molecule has 0 aliphatic rings. The second-order valence-corrected chi connectivity index (χ2v) is 5.13. The van der Waals surface area contributed by atoms with Crippen molar-refractivity contribution in [1.82, 2.24) is 0 Å². The monoisotopic (exact) mass is 335 g/mol. The van der Waals surface area contributed by atoms with Crippen LogP contribution in [0.25, 0.3) is 0 Å². The summed E-state index contributed by atoms with van der Waals surface area (Å²) >= 11 is 3.49. The Labute approximate surface area is 128 Å². The molecule has 2 aromatic carbocycles. The lowest BCUT2D eigenvalue weighted by atomic mass is 10.2. The van der Waals surface area contributed by atoms with Gasteiger partial charge in [-0.05, 0) is 64.8 Å². The summed E-state index contributed by atoms with van der Waals surface area (Å²) in [5, 5.41) is 3.38. The van der Waals surface area contributed by atoms with E-state index in [2.05, 4.69) is 27.3 Å². The van der Waals surface area contributed by atoms with Gasteiger partial charge in [0, 0.05) is 12.2 Å². The highest BCUT2D eigenvalue weighted by molar-refractivity contribution is 9.10. The van der Waals surface area contributed by atoms with Crippen molar-refractivity contribution in [2.45, 2.75) is 13.5 Å². The smallest absolute Gasteiger partial charge is 0.133 e. The number of hydrogen-bond acceptors (Lipinski definition) is 3. The van der Waals surface area contributed by atoms with E-state index in [4.69, 9.17) is 9.47 Å². The van der Waals surface area contributed by atoms with Gasteiger partial charge in [-0.3, -0.25) is 0 Å². The second kappa shape index (κ2) is 7.20. The van der Waals surface area contributed by atoms with Crippen molar-refractivity contribution in [1.29, 1.82) is 0 Å². The van der Waals surface area contributed by atoms with E-state index in [-0.39, 0.29) is 0 Å². The topological polar surface area (TPSA) is 30.5 Å². The van der Waals surface area contributed by atoms with Crippen LogP contribution in [-0.2, 0) is 6.54 Å². The van der Waals surface area contributed by atoms with Gasteiger partial charge in [0.15, 0.2) is 0 Å². The highest BCUT2D eigenvalue weighted by Gasteiger charge is 2.01. The summed E-state index contributed by atoms with van der Waals surface area (Å²) in [5.41, 5.74) is 2.26. The number of rotatable bonds is 6. The van der Waals surface area contributed by atoms with E-state index in [9.17, 15) is 0 Å². The minimum atomic E-state index is 0.687. The third-order valence-corrected chi connectivity index (χ3v) is 3.50. The lowest BCUT2D eigenvalue weighted by Crippen LogP contribution is -2.00. The zero-order valence-electron chi connectivity index (χ0n) is 11.7. The fourth-order valence-electron chi connectivity index (χ4n) is 1.86. The minimum absolute atomic E-state index is 0.687. The first kappa shape index (κ1) is 14.7. The average Bonchev–Trinajstić information content (AvgIpc) is 2.47. The summed E-state index contributed by atoms with van der Waals surface area (Å²) in [6, 6.07) is 14.0. The Kier molecular flexibility index (Phi) is 5.30. The maximum Gasteiger partial charge on any atom is 0.133 e. The van der Waals surface area contributed by atoms with Crippen LogP contribution in [-0.4, -0.2) is 13.7 Å². The largest absolute Gasteiger partial charge is 0.496 e. The first-order valence-corrected chi connectivity index (χ1v) is 7.31. The number of methoxy groups -OCH3 is 1. The molecule has 0 aliphatic heterocycles. The van der Waals surface area contributed by atoms with E-state index >= 15 is 0 Å². The molecule has 3 nitrogen and oxygen atoms in total. The van der Waals surface area contributed by atoms with Gasteiger partial charge >= 0.3 is 0 Å². The van der Waals surface area contributed by atoms with Crippen molar-refractivity contribution in [3.63, 3.8) is 0 Å². The standard InChI is InChI=1S/C16H18BrNO2/c1-3-20-14-7-5-13(6-8-14)18-11-12-4-9-16(19-2)15(17)10-12/h4-10,18H,3,11H2,1-2H3. The van der Waals surface area contributed by atoms with E-state index in [0.29, 0.717) is 6.61 Å². The Morgan fingerprint density at radius 1 is 1.10 bits per heavy atom. The van der Waals surface area contributed by atoms with Gasteiger partial charge in [0.1, 0.15) is 11.5 Å². The molecule has 0 aromatic heterocycles. The number of ether oxygens (including phenoxy) is 2. The lowest BCUT2D eigenvalue weighted by Gasteiger charge is -2.10. The van der Waals surface area contributed by atoms with Crippen molar-refractivity contribution in [3.05, 3.63) is 52.5 Å². The van der Waals surface area contributed by atoms with Crippen LogP contribution in [0.3, 0.4) is 0 Å². The molecule has 0 amide bonds. The summed E-state index contributed by atoms with van der Waals surface area (Å²) in [6.07, 6.45) is 0. The fourth-order valence-corrected chi connectivity index (χ4v) is 2.45. The molecular weight excluding hydrogens is 318 g/mol. The molecule has 106 valence electrons. The summed E-state index contributed by atoms with van der Waals surface area (Å²) in [6.45, 7) is 3.43. The predicted octanol–water partition coefficient (Wildman–Crippen LogP) is 4.47. The zero-order valence-corrected chi connectivity index (χ0v) is 13.2. The molecule has 0 spiro atoms. The van der Waals surface area contributed by atoms with Crippen LogP contribution in [0.15, 0.2) is 46.9 Å². The van der Waals surface area contributed by atoms with Gasteiger partial charge in [-0.25, -0.2) is 0 Å². The minimum Gasteiger partial charge on any atom is -0.496 e.